The Kier molecular flexibility index (Phi) is 4.75. The molecule has 3 heteroatoms. The van der Waals surface area contributed by atoms with Crippen LogP contribution < -0.4 is 5.32 Å². The van der Waals surface area contributed by atoms with Crippen molar-refractivity contribution in [1.82, 2.24) is 15.1 Å². The van der Waals surface area contributed by atoms with Gasteiger partial charge in [0.1, 0.15) is 0 Å². The van der Waals surface area contributed by atoms with E-state index in [0.29, 0.717) is 5.41 Å². The summed E-state index contributed by atoms with van der Waals surface area (Å²) in [5.74, 6) is 0. The van der Waals surface area contributed by atoms with Crippen molar-refractivity contribution < 1.29 is 0 Å². The van der Waals surface area contributed by atoms with Gasteiger partial charge in [-0.25, -0.2) is 0 Å². The molecule has 1 rings (SSSR count). The molecule has 17 heavy (non-hydrogen) atoms. The molecular weight excluding hydrogens is 210 g/mol. The summed E-state index contributed by atoms with van der Waals surface area (Å²) in [4.78, 5) is 0. The molecular formula is C14H27N3. The largest absolute Gasteiger partial charge is 0.313 e. The lowest BCUT2D eigenvalue weighted by Crippen LogP contribution is -2.17. The van der Waals surface area contributed by atoms with E-state index >= 15 is 0 Å². The van der Waals surface area contributed by atoms with E-state index in [1.807, 2.05) is 11.7 Å². The van der Waals surface area contributed by atoms with Crippen molar-refractivity contribution in [3.05, 3.63) is 17.0 Å². The quantitative estimate of drug-likeness (QED) is 0.798. The van der Waals surface area contributed by atoms with E-state index in [9.17, 15) is 0 Å². The molecule has 0 aliphatic heterocycles. The first-order chi connectivity index (χ1) is 7.81. The number of rotatable bonds is 5. The topological polar surface area (TPSA) is 29.9 Å². The molecule has 0 aliphatic carbocycles. The van der Waals surface area contributed by atoms with E-state index in [1.165, 1.54) is 24.1 Å². The van der Waals surface area contributed by atoms with Gasteiger partial charge in [0.25, 0.3) is 0 Å². The molecule has 0 spiro atoms. The zero-order valence-corrected chi connectivity index (χ0v) is 12.2. The average molecular weight is 237 g/mol. The van der Waals surface area contributed by atoms with Gasteiger partial charge in [-0.3, -0.25) is 4.68 Å². The van der Waals surface area contributed by atoms with Crippen molar-refractivity contribution in [2.24, 2.45) is 12.5 Å². The molecule has 0 aliphatic rings. The van der Waals surface area contributed by atoms with Gasteiger partial charge in [0, 0.05) is 24.8 Å². The van der Waals surface area contributed by atoms with E-state index in [0.717, 1.165) is 18.8 Å². The number of nitrogens with zero attached hydrogens (tertiary/aromatic N) is 2. The molecule has 0 unspecified atom stereocenters. The second-order valence-electron chi connectivity index (χ2n) is 6.11. The summed E-state index contributed by atoms with van der Waals surface area (Å²) in [5, 5.41) is 7.94. The maximum Gasteiger partial charge on any atom is 0.0641 e. The highest BCUT2D eigenvalue weighted by atomic mass is 15.3. The number of hydrogen-bond acceptors (Lipinski definition) is 2. The van der Waals surface area contributed by atoms with Crippen molar-refractivity contribution in [2.45, 2.75) is 54.0 Å². The summed E-state index contributed by atoms with van der Waals surface area (Å²) in [7, 11) is 2.01. The summed E-state index contributed by atoms with van der Waals surface area (Å²) in [6, 6.07) is 0. The van der Waals surface area contributed by atoms with Crippen LogP contribution in [0.15, 0.2) is 0 Å². The van der Waals surface area contributed by atoms with Crippen LogP contribution in [0.5, 0.6) is 0 Å². The van der Waals surface area contributed by atoms with Gasteiger partial charge >= 0.3 is 0 Å². The standard InChI is InChI=1S/C14H27N3/c1-11-13(12(2)17(6)16-11)10-15-9-7-8-14(3,4)5/h15H,7-10H2,1-6H3. The van der Waals surface area contributed by atoms with Gasteiger partial charge in [-0.15, -0.1) is 0 Å². The highest BCUT2D eigenvalue weighted by Crippen LogP contribution is 2.20. The summed E-state index contributed by atoms with van der Waals surface area (Å²) >= 11 is 0. The van der Waals surface area contributed by atoms with Gasteiger partial charge in [0.2, 0.25) is 0 Å². The van der Waals surface area contributed by atoms with Crippen LogP contribution >= 0.6 is 0 Å². The lowest BCUT2D eigenvalue weighted by molar-refractivity contribution is 0.361. The summed E-state index contributed by atoms with van der Waals surface area (Å²) in [5.41, 5.74) is 4.21. The molecule has 0 fully saturated rings. The second-order valence-corrected chi connectivity index (χ2v) is 6.11. The highest BCUT2D eigenvalue weighted by Gasteiger charge is 2.10. The molecule has 1 N–H and O–H groups in total. The molecule has 1 aromatic rings. The van der Waals surface area contributed by atoms with E-state index in [2.05, 4.69) is 45.0 Å². The Morgan fingerprint density at radius 1 is 1.24 bits per heavy atom. The zero-order chi connectivity index (χ0) is 13.1. The third-order valence-electron chi connectivity index (χ3n) is 3.24. The van der Waals surface area contributed by atoms with Gasteiger partial charge in [0.05, 0.1) is 5.69 Å². The summed E-state index contributed by atoms with van der Waals surface area (Å²) in [6.07, 6.45) is 2.51. The van der Waals surface area contributed by atoms with Crippen LogP contribution in [-0.2, 0) is 13.6 Å². The van der Waals surface area contributed by atoms with E-state index < -0.39 is 0 Å². The average Bonchev–Trinajstić information content (AvgIpc) is 2.42. The van der Waals surface area contributed by atoms with E-state index in [1.54, 1.807) is 0 Å². The van der Waals surface area contributed by atoms with Gasteiger partial charge in [0.15, 0.2) is 0 Å². The Labute approximate surface area is 106 Å². The molecule has 0 atom stereocenters. The van der Waals surface area contributed by atoms with Crippen LogP contribution in [-0.4, -0.2) is 16.3 Å². The highest BCUT2D eigenvalue weighted by molar-refractivity contribution is 5.23. The normalized spacial score (nSPS) is 12.1. The summed E-state index contributed by atoms with van der Waals surface area (Å²) in [6.45, 7) is 13.1. The van der Waals surface area contributed by atoms with Crippen molar-refractivity contribution in [1.29, 1.82) is 0 Å². The molecule has 0 radical (unpaired) electrons. The Hall–Kier alpha value is -0.830. The van der Waals surface area contributed by atoms with Crippen LogP contribution in [0.25, 0.3) is 0 Å². The molecule has 0 bridgehead atoms. The van der Waals surface area contributed by atoms with Crippen molar-refractivity contribution in [3.63, 3.8) is 0 Å². The first-order valence-corrected chi connectivity index (χ1v) is 6.51. The number of aryl methyl sites for hydroxylation is 2. The molecule has 0 saturated carbocycles. The Bertz CT molecular complexity index is 358. The van der Waals surface area contributed by atoms with Gasteiger partial charge in [-0.2, -0.15) is 5.10 Å². The SMILES string of the molecule is Cc1nn(C)c(C)c1CNCCCC(C)(C)C. The zero-order valence-electron chi connectivity index (χ0n) is 12.2. The molecule has 1 heterocycles. The molecule has 0 amide bonds. The fraction of sp³-hybridized carbons (Fsp3) is 0.786. The third kappa shape index (κ3) is 4.50. The van der Waals surface area contributed by atoms with E-state index in [4.69, 9.17) is 0 Å². The predicted octanol–water partition coefficient (Wildman–Crippen LogP) is 2.95. The minimum Gasteiger partial charge on any atom is -0.313 e. The minimum absolute atomic E-state index is 0.446. The molecule has 0 aromatic carbocycles. The second kappa shape index (κ2) is 5.67. The third-order valence-corrected chi connectivity index (χ3v) is 3.24. The first-order valence-electron chi connectivity index (χ1n) is 6.51. The Balaban J connectivity index is 2.32. The monoisotopic (exact) mass is 237 g/mol. The first kappa shape index (κ1) is 14.2. The van der Waals surface area contributed by atoms with Gasteiger partial charge in [-0.05, 0) is 38.6 Å². The number of hydrogen-bond donors (Lipinski definition) is 1. The fourth-order valence-corrected chi connectivity index (χ4v) is 2.03. The minimum atomic E-state index is 0.446. The molecule has 1 aromatic heterocycles. The van der Waals surface area contributed by atoms with Gasteiger partial charge in [-0.1, -0.05) is 20.8 Å². The van der Waals surface area contributed by atoms with Crippen LogP contribution in [0.2, 0.25) is 0 Å². The van der Waals surface area contributed by atoms with Crippen LogP contribution in [0.4, 0.5) is 0 Å². The Morgan fingerprint density at radius 3 is 2.35 bits per heavy atom. The lowest BCUT2D eigenvalue weighted by Gasteiger charge is -2.17. The van der Waals surface area contributed by atoms with Crippen molar-refractivity contribution in [2.75, 3.05) is 6.54 Å². The van der Waals surface area contributed by atoms with Crippen molar-refractivity contribution >= 4 is 0 Å². The van der Waals surface area contributed by atoms with E-state index in [-0.39, 0.29) is 0 Å². The number of nitrogens with one attached hydrogen (secondary N) is 1. The fourth-order valence-electron chi connectivity index (χ4n) is 2.03. The maximum absolute atomic E-state index is 4.43. The van der Waals surface area contributed by atoms with Crippen LogP contribution in [0.1, 0.15) is 50.6 Å². The van der Waals surface area contributed by atoms with Crippen LogP contribution in [0.3, 0.4) is 0 Å². The van der Waals surface area contributed by atoms with Gasteiger partial charge < -0.3 is 5.32 Å². The van der Waals surface area contributed by atoms with Crippen molar-refractivity contribution in [3.8, 4) is 0 Å². The molecule has 3 nitrogen and oxygen atoms in total. The predicted molar refractivity (Wildman–Crippen MR) is 73.1 cm³/mol. The Morgan fingerprint density at radius 2 is 1.88 bits per heavy atom. The molecule has 98 valence electrons. The van der Waals surface area contributed by atoms with Crippen LogP contribution in [0, 0.1) is 19.3 Å². The summed E-state index contributed by atoms with van der Waals surface area (Å²) < 4.78 is 1.96. The lowest BCUT2D eigenvalue weighted by atomic mass is 9.91. The smallest absolute Gasteiger partial charge is 0.0641 e. The maximum atomic E-state index is 4.43. The number of aromatic nitrogens is 2. The molecule has 0 saturated heterocycles.